The van der Waals surface area contributed by atoms with Gasteiger partial charge in [0.25, 0.3) is 0 Å². The van der Waals surface area contributed by atoms with Crippen LogP contribution in [0.1, 0.15) is 20.3 Å². The molecule has 3 heteroatoms. The maximum absolute atomic E-state index is 5.97. The van der Waals surface area contributed by atoms with Crippen LogP contribution in [0.2, 0.25) is 39.3 Å². The standard InChI is InChI=1S/C14H28OSi2/c1-9-11-12-13(16(3,4)5)14(15-10-2)17(6,7)8/h9-10H2,1-8H3/b14-13-. The summed E-state index contributed by atoms with van der Waals surface area (Å²) < 4.78 is 5.97. The maximum atomic E-state index is 5.97. The van der Waals surface area contributed by atoms with E-state index in [1.807, 2.05) is 0 Å². The molecule has 0 aromatic carbocycles. The summed E-state index contributed by atoms with van der Waals surface area (Å²) in [6.07, 6.45) is 0.916. The van der Waals surface area contributed by atoms with Crippen molar-refractivity contribution >= 4 is 16.1 Å². The van der Waals surface area contributed by atoms with E-state index in [9.17, 15) is 0 Å². The summed E-state index contributed by atoms with van der Waals surface area (Å²) in [4.78, 5) is 0. The van der Waals surface area contributed by atoms with Gasteiger partial charge in [0, 0.05) is 11.6 Å². The SMILES string of the molecule is CCC#C/C(=C(\OCC)[Si](C)(C)C)[Si](C)(C)C. The first-order valence-corrected chi connectivity index (χ1v) is 13.5. The largest absolute Gasteiger partial charge is 0.503 e. The molecule has 0 amide bonds. The van der Waals surface area contributed by atoms with Crippen LogP contribution >= 0.6 is 0 Å². The molecule has 0 bridgehead atoms. The Balaban J connectivity index is 5.74. The highest BCUT2D eigenvalue weighted by Gasteiger charge is 2.31. The zero-order valence-electron chi connectivity index (χ0n) is 12.8. The van der Waals surface area contributed by atoms with Gasteiger partial charge in [-0.1, -0.05) is 58.0 Å². The summed E-state index contributed by atoms with van der Waals surface area (Å²) in [6, 6.07) is 0. The van der Waals surface area contributed by atoms with Gasteiger partial charge < -0.3 is 4.74 Å². The van der Waals surface area contributed by atoms with Crippen LogP contribution in [-0.2, 0) is 4.74 Å². The van der Waals surface area contributed by atoms with Gasteiger partial charge in [-0.3, -0.25) is 0 Å². The molecule has 0 aromatic heterocycles. The van der Waals surface area contributed by atoms with Crippen LogP contribution in [-0.4, -0.2) is 22.8 Å². The van der Waals surface area contributed by atoms with E-state index in [0.29, 0.717) is 0 Å². The third-order valence-electron chi connectivity index (χ3n) is 2.34. The summed E-state index contributed by atoms with van der Waals surface area (Å²) in [5, 5.41) is 2.57. The second kappa shape index (κ2) is 6.46. The van der Waals surface area contributed by atoms with Crippen molar-refractivity contribution in [3.63, 3.8) is 0 Å². The van der Waals surface area contributed by atoms with Crippen molar-refractivity contribution in [2.75, 3.05) is 6.61 Å². The predicted molar refractivity (Wildman–Crippen MR) is 83.4 cm³/mol. The van der Waals surface area contributed by atoms with E-state index in [1.54, 1.807) is 0 Å². The molecule has 0 spiro atoms. The number of hydrogen-bond donors (Lipinski definition) is 0. The minimum absolute atomic E-state index is 0.751. The molecule has 0 N–H and O–H groups in total. The molecule has 0 fully saturated rings. The lowest BCUT2D eigenvalue weighted by Crippen LogP contribution is -2.34. The monoisotopic (exact) mass is 268 g/mol. The van der Waals surface area contributed by atoms with Crippen molar-refractivity contribution in [2.24, 2.45) is 0 Å². The molecule has 0 unspecified atom stereocenters. The van der Waals surface area contributed by atoms with E-state index in [2.05, 4.69) is 65.0 Å². The first-order valence-electron chi connectivity index (χ1n) is 6.51. The Hall–Kier alpha value is -0.466. The van der Waals surface area contributed by atoms with Crippen LogP contribution in [0, 0.1) is 11.8 Å². The highest BCUT2D eigenvalue weighted by atomic mass is 28.3. The Kier molecular flexibility index (Phi) is 6.28. The van der Waals surface area contributed by atoms with E-state index in [-0.39, 0.29) is 0 Å². The lowest BCUT2D eigenvalue weighted by atomic mass is 10.4. The van der Waals surface area contributed by atoms with Crippen LogP contribution in [0.4, 0.5) is 0 Å². The normalized spacial score (nSPS) is 13.6. The van der Waals surface area contributed by atoms with Gasteiger partial charge in [0.2, 0.25) is 0 Å². The molecule has 0 atom stereocenters. The first kappa shape index (κ1) is 16.5. The third kappa shape index (κ3) is 5.60. The molecule has 0 aromatic rings. The van der Waals surface area contributed by atoms with E-state index < -0.39 is 16.1 Å². The quantitative estimate of drug-likeness (QED) is 0.416. The highest BCUT2D eigenvalue weighted by Crippen LogP contribution is 2.26. The number of hydrogen-bond acceptors (Lipinski definition) is 1. The Bertz CT molecular complexity index is 332. The van der Waals surface area contributed by atoms with Gasteiger partial charge in [-0.2, -0.15) is 0 Å². The van der Waals surface area contributed by atoms with Gasteiger partial charge in [-0.25, -0.2) is 0 Å². The molecule has 17 heavy (non-hydrogen) atoms. The first-order chi connectivity index (χ1) is 7.64. The molecule has 0 radical (unpaired) electrons. The molecule has 0 saturated heterocycles. The zero-order valence-corrected chi connectivity index (χ0v) is 14.8. The molecule has 0 rings (SSSR count). The predicted octanol–water partition coefficient (Wildman–Crippen LogP) is 4.45. The van der Waals surface area contributed by atoms with E-state index >= 15 is 0 Å². The minimum atomic E-state index is -1.44. The van der Waals surface area contributed by atoms with Gasteiger partial charge in [-0.05, 0) is 6.92 Å². The summed E-state index contributed by atoms with van der Waals surface area (Å²) >= 11 is 0. The van der Waals surface area contributed by atoms with E-state index in [4.69, 9.17) is 4.74 Å². The lowest BCUT2D eigenvalue weighted by molar-refractivity contribution is 0.249. The van der Waals surface area contributed by atoms with Crippen molar-refractivity contribution in [3.05, 3.63) is 10.6 Å². The highest BCUT2D eigenvalue weighted by molar-refractivity contribution is 6.89. The van der Waals surface area contributed by atoms with Crippen LogP contribution < -0.4 is 0 Å². The lowest BCUT2D eigenvalue weighted by Gasteiger charge is -2.28. The Morgan fingerprint density at radius 2 is 1.47 bits per heavy atom. The summed E-state index contributed by atoms with van der Waals surface area (Å²) in [6.45, 7) is 19.0. The van der Waals surface area contributed by atoms with Crippen molar-refractivity contribution in [2.45, 2.75) is 59.6 Å². The average Bonchev–Trinajstić information content (AvgIpc) is 2.13. The molecule has 1 nitrogen and oxygen atoms in total. The van der Waals surface area contributed by atoms with Crippen LogP contribution in [0.25, 0.3) is 0 Å². The Morgan fingerprint density at radius 1 is 0.941 bits per heavy atom. The van der Waals surface area contributed by atoms with Crippen molar-refractivity contribution in [3.8, 4) is 11.8 Å². The van der Waals surface area contributed by atoms with Crippen molar-refractivity contribution in [1.29, 1.82) is 0 Å². The fraction of sp³-hybridized carbons (Fsp3) is 0.714. The molecular weight excluding hydrogens is 240 g/mol. The molecule has 0 saturated carbocycles. The van der Waals surface area contributed by atoms with Crippen LogP contribution in [0.15, 0.2) is 10.6 Å². The number of ether oxygens (including phenoxy) is 1. The number of rotatable bonds is 4. The molecule has 98 valence electrons. The Labute approximate surface area is 110 Å². The fourth-order valence-electron chi connectivity index (χ4n) is 1.57. The maximum Gasteiger partial charge on any atom is 0.123 e. The van der Waals surface area contributed by atoms with Gasteiger partial charge in [-0.15, -0.1) is 0 Å². The topological polar surface area (TPSA) is 9.23 Å². The molecule has 0 aliphatic heterocycles. The second-order valence-electron chi connectivity index (χ2n) is 6.29. The van der Waals surface area contributed by atoms with Gasteiger partial charge in [0.1, 0.15) is 8.07 Å². The third-order valence-corrected chi connectivity index (χ3v) is 6.20. The van der Waals surface area contributed by atoms with E-state index in [1.165, 1.54) is 10.6 Å². The number of allylic oxidation sites excluding steroid dienone is 1. The molecule has 0 aliphatic rings. The van der Waals surface area contributed by atoms with Gasteiger partial charge >= 0.3 is 0 Å². The van der Waals surface area contributed by atoms with Gasteiger partial charge in [0.15, 0.2) is 0 Å². The zero-order chi connectivity index (χ0) is 13.7. The summed E-state index contributed by atoms with van der Waals surface area (Å²) in [5.41, 5.74) is 0. The summed E-state index contributed by atoms with van der Waals surface area (Å²) in [5.74, 6) is 6.64. The average molecular weight is 269 g/mol. The van der Waals surface area contributed by atoms with E-state index in [0.717, 1.165) is 13.0 Å². The van der Waals surface area contributed by atoms with Crippen LogP contribution in [0.5, 0.6) is 0 Å². The Morgan fingerprint density at radius 3 is 1.76 bits per heavy atom. The van der Waals surface area contributed by atoms with Crippen molar-refractivity contribution < 1.29 is 4.74 Å². The second-order valence-corrected chi connectivity index (χ2v) is 16.2. The van der Waals surface area contributed by atoms with Crippen LogP contribution in [0.3, 0.4) is 0 Å². The molecular formula is C14H28OSi2. The van der Waals surface area contributed by atoms with Crippen molar-refractivity contribution in [1.82, 2.24) is 0 Å². The smallest absolute Gasteiger partial charge is 0.123 e. The summed E-state index contributed by atoms with van der Waals surface area (Å²) in [7, 11) is -2.86. The fourth-order valence-corrected chi connectivity index (χ4v) is 6.43. The van der Waals surface area contributed by atoms with Gasteiger partial charge in [0.05, 0.1) is 20.1 Å². The minimum Gasteiger partial charge on any atom is -0.503 e. The molecule has 0 heterocycles. The molecule has 0 aliphatic carbocycles.